The molecule has 0 heterocycles. The van der Waals surface area contributed by atoms with Crippen LogP contribution in [0, 0.1) is 0 Å². The van der Waals surface area contributed by atoms with Gasteiger partial charge in [-0.2, -0.15) is 0 Å². The van der Waals surface area contributed by atoms with Crippen molar-refractivity contribution < 1.29 is 23.0 Å². The van der Waals surface area contributed by atoms with Gasteiger partial charge in [0.15, 0.2) is 11.5 Å². The Morgan fingerprint density at radius 3 is 2.45 bits per heavy atom. The highest BCUT2D eigenvalue weighted by atomic mass is 35.5. The molecule has 0 aliphatic rings. The third-order valence-electron chi connectivity index (χ3n) is 2.63. The lowest BCUT2D eigenvalue weighted by Gasteiger charge is -2.21. The minimum atomic E-state index is -2.61. The smallest absolute Gasteiger partial charge is 0.255 e. The van der Waals surface area contributed by atoms with Gasteiger partial charge in [0.1, 0.15) is 0 Å². The largest absolute Gasteiger partial charge is 0.493 e. The van der Waals surface area contributed by atoms with Crippen LogP contribution in [0.1, 0.15) is 10.4 Å². The van der Waals surface area contributed by atoms with E-state index in [1.54, 1.807) is 6.07 Å². The van der Waals surface area contributed by atoms with Crippen molar-refractivity contribution >= 4 is 17.5 Å². The molecule has 0 aliphatic carbocycles. The molecule has 1 aromatic carbocycles. The number of ether oxygens (including phenoxy) is 2. The SMILES string of the molecule is COc1ccc(C(=O)N(CCCl)CC(F)F)cc1OC. The Morgan fingerprint density at radius 2 is 1.95 bits per heavy atom. The normalized spacial score (nSPS) is 10.5. The van der Waals surface area contributed by atoms with Gasteiger partial charge in [-0.1, -0.05) is 0 Å². The number of nitrogens with zero attached hydrogens (tertiary/aromatic N) is 1. The molecular weight excluding hydrogens is 292 g/mol. The lowest BCUT2D eigenvalue weighted by molar-refractivity contribution is 0.0571. The van der Waals surface area contributed by atoms with Gasteiger partial charge >= 0.3 is 0 Å². The number of benzene rings is 1. The van der Waals surface area contributed by atoms with E-state index in [1.807, 2.05) is 0 Å². The van der Waals surface area contributed by atoms with Gasteiger partial charge in [0.25, 0.3) is 12.3 Å². The molecule has 0 fully saturated rings. The number of carbonyl (C=O) groups is 1. The van der Waals surface area contributed by atoms with Crippen molar-refractivity contribution in [3.8, 4) is 11.5 Å². The third-order valence-corrected chi connectivity index (χ3v) is 2.80. The molecule has 0 saturated heterocycles. The van der Waals surface area contributed by atoms with Crippen LogP contribution in [0.4, 0.5) is 8.78 Å². The predicted octanol–water partition coefficient (Wildman–Crippen LogP) is 2.65. The zero-order chi connectivity index (χ0) is 15.1. The van der Waals surface area contributed by atoms with Crippen LogP contribution in [0.3, 0.4) is 0 Å². The van der Waals surface area contributed by atoms with E-state index >= 15 is 0 Å². The van der Waals surface area contributed by atoms with Crippen molar-refractivity contribution in [2.45, 2.75) is 6.43 Å². The molecule has 0 unspecified atom stereocenters. The summed E-state index contributed by atoms with van der Waals surface area (Å²) in [6, 6.07) is 4.50. The molecule has 0 saturated carbocycles. The number of halogens is 3. The van der Waals surface area contributed by atoms with Crippen LogP contribution < -0.4 is 9.47 Å². The Balaban J connectivity index is 2.99. The molecule has 0 radical (unpaired) electrons. The first-order valence-corrected chi connectivity index (χ1v) is 6.42. The lowest BCUT2D eigenvalue weighted by Crippen LogP contribution is -2.36. The summed E-state index contributed by atoms with van der Waals surface area (Å²) < 4.78 is 35.1. The number of rotatable bonds is 7. The summed E-state index contributed by atoms with van der Waals surface area (Å²) in [6.07, 6.45) is -2.61. The second-order valence-corrected chi connectivity index (χ2v) is 4.28. The average molecular weight is 308 g/mol. The number of carbonyl (C=O) groups excluding carboxylic acids is 1. The van der Waals surface area contributed by atoms with Gasteiger partial charge in [-0.05, 0) is 18.2 Å². The van der Waals surface area contributed by atoms with Crippen LogP contribution in [0.5, 0.6) is 11.5 Å². The number of hydrogen-bond acceptors (Lipinski definition) is 3. The molecule has 20 heavy (non-hydrogen) atoms. The molecule has 1 aromatic rings. The Labute approximate surface area is 121 Å². The van der Waals surface area contributed by atoms with E-state index in [0.717, 1.165) is 4.90 Å². The van der Waals surface area contributed by atoms with Crippen LogP contribution >= 0.6 is 11.6 Å². The van der Waals surface area contributed by atoms with Gasteiger partial charge in [-0.3, -0.25) is 4.79 Å². The van der Waals surface area contributed by atoms with Crippen molar-refractivity contribution in [2.24, 2.45) is 0 Å². The summed E-state index contributed by atoms with van der Waals surface area (Å²) in [5.74, 6) is 0.390. The molecule has 1 rings (SSSR count). The van der Waals surface area contributed by atoms with E-state index in [0.29, 0.717) is 11.5 Å². The van der Waals surface area contributed by atoms with Crippen LogP contribution in [0.15, 0.2) is 18.2 Å². The van der Waals surface area contributed by atoms with Gasteiger partial charge in [-0.15, -0.1) is 11.6 Å². The summed E-state index contributed by atoms with van der Waals surface area (Å²) in [6.45, 7) is -0.598. The van der Waals surface area contributed by atoms with Gasteiger partial charge in [0.2, 0.25) is 0 Å². The second-order valence-electron chi connectivity index (χ2n) is 3.90. The van der Waals surface area contributed by atoms with Crippen LogP contribution in [-0.2, 0) is 0 Å². The van der Waals surface area contributed by atoms with Gasteiger partial charge in [0, 0.05) is 18.0 Å². The molecule has 0 aliphatic heterocycles. The van der Waals surface area contributed by atoms with Crippen molar-refractivity contribution in [3.05, 3.63) is 23.8 Å². The Bertz CT molecular complexity index is 457. The fraction of sp³-hybridized carbons (Fsp3) is 0.462. The number of alkyl halides is 3. The number of amides is 1. The van der Waals surface area contributed by atoms with E-state index in [4.69, 9.17) is 21.1 Å². The minimum Gasteiger partial charge on any atom is -0.493 e. The summed E-state index contributed by atoms with van der Waals surface area (Å²) >= 11 is 5.53. The molecule has 7 heteroatoms. The predicted molar refractivity (Wildman–Crippen MR) is 72.2 cm³/mol. The molecule has 4 nitrogen and oxygen atoms in total. The van der Waals surface area contributed by atoms with E-state index in [-0.39, 0.29) is 18.0 Å². The van der Waals surface area contributed by atoms with Crippen LogP contribution in [0.2, 0.25) is 0 Å². The maximum Gasteiger partial charge on any atom is 0.255 e. The first kappa shape index (κ1) is 16.5. The van der Waals surface area contributed by atoms with E-state index < -0.39 is 18.9 Å². The molecule has 1 amide bonds. The van der Waals surface area contributed by atoms with Crippen molar-refractivity contribution in [1.82, 2.24) is 4.90 Å². The summed E-state index contributed by atoms with van der Waals surface area (Å²) in [7, 11) is 2.90. The highest BCUT2D eigenvalue weighted by Crippen LogP contribution is 2.28. The Hall–Kier alpha value is -1.56. The van der Waals surface area contributed by atoms with Gasteiger partial charge < -0.3 is 14.4 Å². The Morgan fingerprint density at radius 1 is 1.30 bits per heavy atom. The fourth-order valence-corrected chi connectivity index (χ4v) is 1.90. The third kappa shape index (κ3) is 4.23. The highest BCUT2D eigenvalue weighted by Gasteiger charge is 2.20. The maximum absolute atomic E-state index is 12.5. The molecule has 0 aromatic heterocycles. The molecule has 0 N–H and O–H groups in total. The minimum absolute atomic E-state index is 0.0546. The first-order chi connectivity index (χ1) is 9.53. The maximum atomic E-state index is 12.5. The van der Waals surface area contributed by atoms with Crippen LogP contribution in [-0.4, -0.2) is 50.4 Å². The highest BCUT2D eigenvalue weighted by molar-refractivity contribution is 6.18. The van der Waals surface area contributed by atoms with E-state index in [9.17, 15) is 13.6 Å². The summed E-state index contributed by atoms with van der Waals surface area (Å²) in [5.41, 5.74) is 0.244. The van der Waals surface area contributed by atoms with Crippen molar-refractivity contribution in [1.29, 1.82) is 0 Å². The van der Waals surface area contributed by atoms with Gasteiger partial charge in [-0.25, -0.2) is 8.78 Å². The Kier molecular flexibility index (Phi) is 6.51. The van der Waals surface area contributed by atoms with Crippen LogP contribution in [0.25, 0.3) is 0 Å². The van der Waals surface area contributed by atoms with E-state index in [2.05, 4.69) is 0 Å². The number of methoxy groups -OCH3 is 2. The summed E-state index contributed by atoms with van der Waals surface area (Å²) in [5, 5.41) is 0. The molecular formula is C13H16ClF2NO3. The van der Waals surface area contributed by atoms with Crippen molar-refractivity contribution in [2.75, 3.05) is 33.2 Å². The summed E-state index contributed by atoms with van der Waals surface area (Å²) in [4.78, 5) is 13.2. The number of hydrogen-bond donors (Lipinski definition) is 0. The lowest BCUT2D eigenvalue weighted by atomic mass is 10.1. The van der Waals surface area contributed by atoms with Crippen molar-refractivity contribution in [3.63, 3.8) is 0 Å². The fourth-order valence-electron chi connectivity index (χ4n) is 1.70. The topological polar surface area (TPSA) is 38.8 Å². The quantitative estimate of drug-likeness (QED) is 0.727. The van der Waals surface area contributed by atoms with Gasteiger partial charge in [0.05, 0.1) is 20.8 Å². The monoisotopic (exact) mass is 307 g/mol. The molecule has 0 bridgehead atoms. The molecule has 0 spiro atoms. The standard InChI is InChI=1S/C13H16ClF2NO3/c1-19-10-4-3-9(7-11(10)20-2)13(18)17(6-5-14)8-12(15)16/h3-4,7,12H,5-6,8H2,1-2H3. The average Bonchev–Trinajstić information content (AvgIpc) is 2.44. The zero-order valence-corrected chi connectivity index (χ0v) is 12.0. The molecule has 112 valence electrons. The second kappa shape index (κ2) is 7.89. The molecule has 0 atom stereocenters. The first-order valence-electron chi connectivity index (χ1n) is 5.88. The van der Waals surface area contributed by atoms with E-state index in [1.165, 1.54) is 26.4 Å². The zero-order valence-electron chi connectivity index (χ0n) is 11.2.